The molecule has 12 heavy (non-hydrogen) atoms. The van der Waals surface area contributed by atoms with Crippen molar-refractivity contribution in [1.82, 2.24) is 0 Å². The van der Waals surface area contributed by atoms with Gasteiger partial charge in [-0.3, -0.25) is 0 Å². The summed E-state index contributed by atoms with van der Waals surface area (Å²) in [5.74, 6) is 0.383. The van der Waals surface area contributed by atoms with Crippen LogP contribution in [0.1, 0.15) is 0 Å². The van der Waals surface area contributed by atoms with Crippen molar-refractivity contribution in [3.8, 4) is 5.75 Å². The summed E-state index contributed by atoms with van der Waals surface area (Å²) in [5.41, 5.74) is 0. The SMILES string of the molecule is Oc1c(I)ccc2ccccc12. The zero-order chi connectivity index (χ0) is 8.55. The second-order valence-electron chi connectivity index (χ2n) is 2.62. The summed E-state index contributed by atoms with van der Waals surface area (Å²) in [5, 5.41) is 11.7. The van der Waals surface area contributed by atoms with Crippen LogP contribution in [-0.4, -0.2) is 5.11 Å². The zero-order valence-corrected chi connectivity index (χ0v) is 8.45. The molecule has 0 bridgehead atoms. The highest BCUT2D eigenvalue weighted by Gasteiger charge is 2.01. The first-order valence-electron chi connectivity index (χ1n) is 3.65. The van der Waals surface area contributed by atoms with E-state index in [-0.39, 0.29) is 0 Å². The van der Waals surface area contributed by atoms with E-state index in [1.807, 2.05) is 36.4 Å². The van der Waals surface area contributed by atoms with Crippen molar-refractivity contribution in [3.63, 3.8) is 0 Å². The van der Waals surface area contributed by atoms with Crippen LogP contribution in [0.15, 0.2) is 36.4 Å². The van der Waals surface area contributed by atoms with Crippen LogP contribution in [0.3, 0.4) is 0 Å². The molecule has 0 spiro atoms. The molecule has 2 aromatic carbocycles. The molecule has 0 aliphatic heterocycles. The van der Waals surface area contributed by atoms with Gasteiger partial charge in [0.1, 0.15) is 5.75 Å². The third-order valence-electron chi connectivity index (χ3n) is 1.85. The van der Waals surface area contributed by atoms with Crippen LogP contribution in [0.2, 0.25) is 0 Å². The van der Waals surface area contributed by atoms with E-state index in [0.717, 1.165) is 14.3 Å². The highest BCUT2D eigenvalue weighted by Crippen LogP contribution is 2.28. The first-order valence-corrected chi connectivity index (χ1v) is 4.73. The number of hydrogen-bond donors (Lipinski definition) is 1. The van der Waals surface area contributed by atoms with Crippen molar-refractivity contribution in [2.45, 2.75) is 0 Å². The Labute approximate surface area is 84.2 Å². The van der Waals surface area contributed by atoms with Crippen molar-refractivity contribution < 1.29 is 5.11 Å². The van der Waals surface area contributed by atoms with Crippen molar-refractivity contribution in [1.29, 1.82) is 0 Å². The number of hydrogen-bond acceptors (Lipinski definition) is 1. The van der Waals surface area contributed by atoms with Gasteiger partial charge in [0.15, 0.2) is 0 Å². The van der Waals surface area contributed by atoms with Gasteiger partial charge in [-0.1, -0.05) is 30.3 Å². The molecule has 0 radical (unpaired) electrons. The quantitative estimate of drug-likeness (QED) is 0.729. The third-order valence-corrected chi connectivity index (χ3v) is 2.72. The van der Waals surface area contributed by atoms with Gasteiger partial charge in [0, 0.05) is 5.39 Å². The molecule has 2 heteroatoms. The Balaban J connectivity index is 2.91. The molecular weight excluding hydrogens is 263 g/mol. The summed E-state index contributed by atoms with van der Waals surface area (Å²) in [4.78, 5) is 0. The average molecular weight is 270 g/mol. The van der Waals surface area contributed by atoms with Crippen molar-refractivity contribution in [2.75, 3.05) is 0 Å². The summed E-state index contributed by atoms with van der Waals surface area (Å²) in [7, 11) is 0. The minimum atomic E-state index is 0.383. The first kappa shape index (κ1) is 7.86. The Bertz CT molecular complexity index is 423. The molecule has 1 nitrogen and oxygen atoms in total. The monoisotopic (exact) mass is 270 g/mol. The van der Waals surface area contributed by atoms with E-state index in [9.17, 15) is 5.11 Å². The number of rotatable bonds is 0. The Kier molecular flexibility index (Phi) is 1.92. The molecule has 0 heterocycles. The van der Waals surface area contributed by atoms with Crippen molar-refractivity contribution >= 4 is 33.4 Å². The molecule has 0 aliphatic carbocycles. The molecular formula is C10H7IO. The Hall–Kier alpha value is -0.770. The predicted octanol–water partition coefficient (Wildman–Crippen LogP) is 3.15. The van der Waals surface area contributed by atoms with Gasteiger partial charge in [-0.25, -0.2) is 0 Å². The van der Waals surface area contributed by atoms with Gasteiger partial charge in [-0.05, 0) is 34.0 Å². The molecule has 60 valence electrons. The third kappa shape index (κ3) is 1.16. The minimum absolute atomic E-state index is 0.383. The normalized spacial score (nSPS) is 10.4. The van der Waals surface area contributed by atoms with Crippen LogP contribution in [0, 0.1) is 3.57 Å². The van der Waals surface area contributed by atoms with Crippen LogP contribution in [0.5, 0.6) is 5.75 Å². The van der Waals surface area contributed by atoms with Gasteiger partial charge in [-0.2, -0.15) is 0 Å². The maximum Gasteiger partial charge on any atom is 0.136 e. The highest BCUT2D eigenvalue weighted by molar-refractivity contribution is 14.1. The van der Waals surface area contributed by atoms with E-state index in [2.05, 4.69) is 22.6 Å². The van der Waals surface area contributed by atoms with Gasteiger partial charge in [0.2, 0.25) is 0 Å². The fraction of sp³-hybridized carbons (Fsp3) is 0. The molecule has 0 atom stereocenters. The molecule has 0 amide bonds. The summed E-state index contributed by atoms with van der Waals surface area (Å²) < 4.78 is 0.895. The molecule has 0 fully saturated rings. The van der Waals surface area contributed by atoms with Crippen LogP contribution >= 0.6 is 22.6 Å². The highest BCUT2D eigenvalue weighted by atomic mass is 127. The summed E-state index contributed by atoms with van der Waals surface area (Å²) in [6, 6.07) is 11.7. The summed E-state index contributed by atoms with van der Waals surface area (Å²) >= 11 is 2.12. The smallest absolute Gasteiger partial charge is 0.136 e. The van der Waals surface area contributed by atoms with Gasteiger partial charge >= 0.3 is 0 Å². The number of phenols is 1. The van der Waals surface area contributed by atoms with Crippen LogP contribution < -0.4 is 0 Å². The number of fused-ring (bicyclic) bond motifs is 1. The van der Waals surface area contributed by atoms with E-state index in [0.29, 0.717) is 5.75 Å². The van der Waals surface area contributed by atoms with E-state index >= 15 is 0 Å². The average Bonchev–Trinajstić information content (AvgIpc) is 2.12. The largest absolute Gasteiger partial charge is 0.506 e. The van der Waals surface area contributed by atoms with Crippen LogP contribution in [0.4, 0.5) is 0 Å². The van der Waals surface area contributed by atoms with Gasteiger partial charge in [0.25, 0.3) is 0 Å². The lowest BCUT2D eigenvalue weighted by Gasteiger charge is -2.01. The van der Waals surface area contributed by atoms with Gasteiger partial charge in [-0.15, -0.1) is 0 Å². The molecule has 0 saturated carbocycles. The molecule has 0 aromatic heterocycles. The van der Waals surface area contributed by atoms with Crippen LogP contribution in [0.25, 0.3) is 10.8 Å². The molecule has 0 aliphatic rings. The molecule has 0 unspecified atom stereocenters. The fourth-order valence-corrected chi connectivity index (χ4v) is 1.70. The number of halogens is 1. The molecule has 2 aromatic rings. The predicted molar refractivity (Wildman–Crippen MR) is 58.3 cm³/mol. The number of phenolic OH excluding ortho intramolecular Hbond substituents is 1. The lowest BCUT2D eigenvalue weighted by atomic mass is 10.1. The van der Waals surface area contributed by atoms with Crippen LogP contribution in [-0.2, 0) is 0 Å². The maximum atomic E-state index is 9.65. The maximum absolute atomic E-state index is 9.65. The van der Waals surface area contributed by atoms with E-state index in [1.165, 1.54) is 0 Å². The van der Waals surface area contributed by atoms with E-state index in [1.54, 1.807) is 0 Å². The topological polar surface area (TPSA) is 20.2 Å². The fourth-order valence-electron chi connectivity index (χ4n) is 1.23. The number of aromatic hydroxyl groups is 1. The lowest BCUT2D eigenvalue weighted by Crippen LogP contribution is -1.76. The first-order chi connectivity index (χ1) is 5.79. The Morgan fingerprint density at radius 3 is 2.58 bits per heavy atom. The van der Waals surface area contributed by atoms with E-state index < -0.39 is 0 Å². The molecule has 1 N–H and O–H groups in total. The minimum Gasteiger partial charge on any atom is -0.506 e. The van der Waals surface area contributed by atoms with Gasteiger partial charge < -0.3 is 5.11 Å². The Morgan fingerprint density at radius 2 is 1.75 bits per heavy atom. The zero-order valence-electron chi connectivity index (χ0n) is 6.29. The van der Waals surface area contributed by atoms with Gasteiger partial charge in [0.05, 0.1) is 3.57 Å². The van der Waals surface area contributed by atoms with E-state index in [4.69, 9.17) is 0 Å². The molecule has 2 rings (SSSR count). The second-order valence-corrected chi connectivity index (χ2v) is 3.78. The summed E-state index contributed by atoms with van der Waals surface area (Å²) in [6.07, 6.45) is 0. The Morgan fingerprint density at radius 1 is 1.00 bits per heavy atom. The standard InChI is InChI=1S/C10H7IO/c11-9-6-5-7-3-1-2-4-8(7)10(9)12/h1-6,12H. The second kappa shape index (κ2) is 2.94. The van der Waals surface area contributed by atoms with Crippen molar-refractivity contribution in [2.24, 2.45) is 0 Å². The lowest BCUT2D eigenvalue weighted by molar-refractivity contribution is 0.478. The summed E-state index contributed by atoms with van der Waals surface area (Å²) in [6.45, 7) is 0. The van der Waals surface area contributed by atoms with Crippen molar-refractivity contribution in [3.05, 3.63) is 40.0 Å². The number of benzene rings is 2. The molecule has 0 saturated heterocycles.